The molecule has 4 N–H and O–H groups in total. The van der Waals surface area contributed by atoms with Crippen LogP contribution >= 0.6 is 0 Å². The smallest absolute Gasteiger partial charge is 0.241 e. The molecule has 5 rings (SSSR count). The summed E-state index contributed by atoms with van der Waals surface area (Å²) in [5.41, 5.74) is 10.8. The molecule has 0 amide bonds. The van der Waals surface area contributed by atoms with Gasteiger partial charge in [-0.2, -0.15) is 0 Å². The van der Waals surface area contributed by atoms with Crippen LogP contribution < -0.4 is 25.4 Å². The monoisotopic (exact) mass is 465 g/mol. The minimum Gasteiger partial charge on any atom is -0.496 e. The van der Waals surface area contributed by atoms with Gasteiger partial charge in [-0.1, -0.05) is 18.2 Å². The van der Waals surface area contributed by atoms with Gasteiger partial charge in [-0.25, -0.2) is 18.1 Å². The number of hydrogen-bond acceptors (Lipinski definition) is 7. The van der Waals surface area contributed by atoms with E-state index in [0.29, 0.717) is 16.9 Å². The van der Waals surface area contributed by atoms with E-state index in [9.17, 15) is 8.42 Å². The van der Waals surface area contributed by atoms with Gasteiger partial charge < -0.3 is 20.7 Å². The number of methoxy groups -OCH3 is 1. The minimum atomic E-state index is -3.84. The van der Waals surface area contributed by atoms with Crippen molar-refractivity contribution in [2.75, 3.05) is 43.9 Å². The predicted octanol–water partition coefficient (Wildman–Crippen LogP) is 2.77. The highest BCUT2D eigenvalue weighted by molar-refractivity contribution is 7.89. The number of nitrogens with zero attached hydrogens (tertiary/aromatic N) is 2. The normalized spacial score (nSPS) is 19.3. The summed E-state index contributed by atoms with van der Waals surface area (Å²) in [7, 11) is -2.20. The molecule has 2 aliphatic rings. The Labute approximate surface area is 193 Å². The number of benzene rings is 2. The van der Waals surface area contributed by atoms with Crippen LogP contribution in [0.4, 0.5) is 11.5 Å². The molecule has 1 saturated heterocycles. The molecule has 1 aromatic heterocycles. The second-order valence-corrected chi connectivity index (χ2v) is 10.0. The number of ether oxygens (including phenoxy) is 1. The third-order valence-corrected chi connectivity index (χ3v) is 7.89. The second kappa shape index (κ2) is 8.33. The standard InChI is InChI=1S/C24H27N5O3S/c1-15-19-12-17(29-9-7-26-8-10-29)13-21(32-2)23(19)16-11-20(24(25)27-14-16)18-5-3-4-6-22(18)33(30,31)28-15/h3-6,11-15,26,28H,7-10H2,1-2H3,(H2,25,27). The molecule has 8 nitrogen and oxygen atoms in total. The van der Waals surface area contributed by atoms with Gasteiger partial charge in [-0.05, 0) is 30.7 Å². The second-order valence-electron chi connectivity index (χ2n) is 8.35. The lowest BCUT2D eigenvalue weighted by Gasteiger charge is -2.32. The van der Waals surface area contributed by atoms with Crippen molar-refractivity contribution in [2.24, 2.45) is 0 Å². The van der Waals surface area contributed by atoms with Crippen LogP contribution in [0.25, 0.3) is 22.3 Å². The summed E-state index contributed by atoms with van der Waals surface area (Å²) in [6.07, 6.45) is 1.72. The number of nitrogens with one attached hydrogen (secondary N) is 2. The van der Waals surface area contributed by atoms with Crippen molar-refractivity contribution in [3.8, 4) is 28.0 Å². The Balaban J connectivity index is 1.80. The summed E-state index contributed by atoms with van der Waals surface area (Å²) in [5, 5.41) is 3.36. The third kappa shape index (κ3) is 3.82. The van der Waals surface area contributed by atoms with E-state index in [1.807, 2.05) is 19.1 Å². The zero-order valence-corrected chi connectivity index (χ0v) is 19.4. The van der Waals surface area contributed by atoms with E-state index in [-0.39, 0.29) is 10.7 Å². The summed E-state index contributed by atoms with van der Waals surface area (Å²) in [5.74, 6) is 0.937. The van der Waals surface area contributed by atoms with E-state index >= 15 is 0 Å². The molecule has 0 spiro atoms. The Morgan fingerprint density at radius 3 is 2.64 bits per heavy atom. The number of anilines is 2. The molecule has 9 heteroatoms. The number of pyridine rings is 1. The molecule has 0 saturated carbocycles. The molecule has 1 fully saturated rings. The van der Waals surface area contributed by atoms with Crippen molar-refractivity contribution in [1.82, 2.24) is 15.0 Å². The average Bonchev–Trinajstić information content (AvgIpc) is 2.83. The molecule has 33 heavy (non-hydrogen) atoms. The topological polar surface area (TPSA) is 110 Å². The quantitative estimate of drug-likeness (QED) is 0.534. The van der Waals surface area contributed by atoms with Gasteiger partial charge >= 0.3 is 0 Å². The van der Waals surface area contributed by atoms with Gasteiger partial charge in [0.25, 0.3) is 0 Å². The first-order chi connectivity index (χ1) is 15.9. The van der Waals surface area contributed by atoms with Gasteiger partial charge in [-0.15, -0.1) is 0 Å². The molecule has 0 radical (unpaired) electrons. The number of fused-ring (bicyclic) bond motifs is 6. The SMILES string of the molecule is COc1cc(N2CCNCC2)cc2c1-c1cnc(N)c(c1)-c1ccccc1S(=O)(=O)NC2C. The first-order valence-corrected chi connectivity index (χ1v) is 12.4. The molecule has 2 aliphatic heterocycles. The molecular weight excluding hydrogens is 438 g/mol. The summed E-state index contributed by atoms with van der Waals surface area (Å²) in [4.78, 5) is 6.88. The van der Waals surface area contributed by atoms with E-state index in [1.54, 1.807) is 37.6 Å². The predicted molar refractivity (Wildman–Crippen MR) is 130 cm³/mol. The summed E-state index contributed by atoms with van der Waals surface area (Å²) in [6, 6.07) is 12.3. The maximum Gasteiger partial charge on any atom is 0.241 e. The number of piperazine rings is 1. The summed E-state index contributed by atoms with van der Waals surface area (Å²) in [6.45, 7) is 5.37. The largest absolute Gasteiger partial charge is 0.496 e. The first kappa shape index (κ1) is 21.7. The number of sulfonamides is 1. The van der Waals surface area contributed by atoms with E-state index in [4.69, 9.17) is 10.5 Å². The van der Waals surface area contributed by atoms with Crippen LogP contribution in [0.1, 0.15) is 18.5 Å². The lowest BCUT2D eigenvalue weighted by molar-refractivity contribution is 0.415. The van der Waals surface area contributed by atoms with E-state index in [2.05, 4.69) is 26.0 Å². The summed E-state index contributed by atoms with van der Waals surface area (Å²) >= 11 is 0. The van der Waals surface area contributed by atoms with Gasteiger partial charge in [-0.3, -0.25) is 0 Å². The summed E-state index contributed by atoms with van der Waals surface area (Å²) < 4.78 is 35.6. The molecule has 172 valence electrons. The molecular formula is C24H27N5O3S. The van der Waals surface area contributed by atoms with Crippen LogP contribution in [0.5, 0.6) is 5.75 Å². The van der Waals surface area contributed by atoms with Crippen LogP contribution in [0.3, 0.4) is 0 Å². The number of aromatic nitrogens is 1. The minimum absolute atomic E-state index is 0.177. The lowest BCUT2D eigenvalue weighted by atomic mass is 9.92. The Morgan fingerprint density at radius 1 is 1.12 bits per heavy atom. The molecule has 1 unspecified atom stereocenters. The van der Waals surface area contributed by atoms with Crippen molar-refractivity contribution < 1.29 is 13.2 Å². The molecule has 0 aliphatic carbocycles. The highest BCUT2D eigenvalue weighted by Gasteiger charge is 2.29. The van der Waals surface area contributed by atoms with Gasteiger partial charge in [0.2, 0.25) is 10.0 Å². The molecule has 3 heterocycles. The fourth-order valence-corrected chi connectivity index (χ4v) is 6.09. The number of nitrogen functional groups attached to an aromatic ring is 1. The van der Waals surface area contributed by atoms with Gasteiger partial charge in [0, 0.05) is 72.4 Å². The first-order valence-electron chi connectivity index (χ1n) is 10.9. The van der Waals surface area contributed by atoms with E-state index in [1.165, 1.54) is 0 Å². The molecule has 1 atom stereocenters. The van der Waals surface area contributed by atoms with Crippen molar-refractivity contribution in [3.05, 3.63) is 54.2 Å². The lowest BCUT2D eigenvalue weighted by Crippen LogP contribution is -2.43. The fourth-order valence-electron chi connectivity index (χ4n) is 4.65. The van der Waals surface area contributed by atoms with E-state index in [0.717, 1.165) is 48.6 Å². The van der Waals surface area contributed by atoms with Gasteiger partial charge in [0.1, 0.15) is 11.6 Å². The van der Waals surface area contributed by atoms with Crippen LogP contribution in [0, 0.1) is 0 Å². The zero-order valence-electron chi connectivity index (χ0n) is 18.6. The van der Waals surface area contributed by atoms with Crippen LogP contribution in [-0.2, 0) is 10.0 Å². The Hall–Kier alpha value is -3.14. The van der Waals surface area contributed by atoms with Gasteiger partial charge in [0.05, 0.1) is 12.0 Å². The molecule has 2 bridgehead atoms. The maximum absolute atomic E-state index is 13.5. The number of nitrogens with two attached hydrogens (primary N) is 1. The van der Waals surface area contributed by atoms with Crippen LogP contribution in [0.2, 0.25) is 0 Å². The Bertz CT molecular complexity index is 1320. The van der Waals surface area contributed by atoms with Crippen molar-refractivity contribution >= 4 is 21.5 Å². The molecule has 2 aromatic carbocycles. The Kier molecular flexibility index (Phi) is 5.48. The van der Waals surface area contributed by atoms with Crippen LogP contribution in [0.15, 0.2) is 53.6 Å². The fraction of sp³-hybridized carbons (Fsp3) is 0.292. The molecule has 3 aromatic rings. The van der Waals surface area contributed by atoms with Crippen molar-refractivity contribution in [2.45, 2.75) is 17.9 Å². The Morgan fingerprint density at radius 2 is 1.88 bits per heavy atom. The number of rotatable bonds is 2. The average molecular weight is 466 g/mol. The van der Waals surface area contributed by atoms with Crippen molar-refractivity contribution in [3.63, 3.8) is 0 Å². The van der Waals surface area contributed by atoms with E-state index < -0.39 is 16.1 Å². The maximum atomic E-state index is 13.5. The zero-order chi connectivity index (χ0) is 23.2. The third-order valence-electron chi connectivity index (χ3n) is 6.29. The number of hydrogen-bond donors (Lipinski definition) is 3. The van der Waals surface area contributed by atoms with Crippen molar-refractivity contribution in [1.29, 1.82) is 0 Å². The highest BCUT2D eigenvalue weighted by Crippen LogP contribution is 2.43. The van der Waals surface area contributed by atoms with Gasteiger partial charge in [0.15, 0.2) is 0 Å². The van der Waals surface area contributed by atoms with Crippen LogP contribution in [-0.4, -0.2) is 46.7 Å². The highest BCUT2D eigenvalue weighted by atomic mass is 32.2.